The van der Waals surface area contributed by atoms with Gasteiger partial charge >= 0.3 is 5.97 Å². The second-order valence-corrected chi connectivity index (χ2v) is 6.55. The number of carbonyl (C=O) groups excluding carboxylic acids is 2. The molecule has 1 aliphatic rings. The molecule has 0 spiro atoms. The van der Waals surface area contributed by atoms with Gasteiger partial charge < -0.3 is 14.8 Å². The number of hydrogen-bond acceptors (Lipinski definition) is 5. The van der Waals surface area contributed by atoms with Gasteiger partial charge in [-0.05, 0) is 43.5 Å². The number of carbonyl (C=O) groups is 2. The molecule has 7 heteroatoms. The molecule has 1 aromatic carbocycles. The molecular formula is C20H23FN2O4. The minimum atomic E-state index is -1.04. The third kappa shape index (κ3) is 5.55. The standard InChI is InChI=1S/C20H23FN2O4/c1-14(19(25)23-20(13-22)10-4-3-5-11-20)27-18(24)9-7-15-6-8-17(26-2)16(21)12-15/h6-9,12,14H,3-5,10-11H2,1-2H3,(H,23,25)/b9-7+/t14-/m1/s1. The Labute approximate surface area is 158 Å². The zero-order valence-electron chi connectivity index (χ0n) is 15.5. The molecule has 0 saturated heterocycles. The highest BCUT2D eigenvalue weighted by Gasteiger charge is 2.35. The maximum Gasteiger partial charge on any atom is 0.331 e. The van der Waals surface area contributed by atoms with Crippen molar-refractivity contribution in [3.05, 3.63) is 35.7 Å². The van der Waals surface area contributed by atoms with Crippen molar-refractivity contribution in [3.8, 4) is 11.8 Å². The highest BCUT2D eigenvalue weighted by atomic mass is 19.1. The predicted octanol–water partition coefficient (Wildman–Crippen LogP) is 3.12. The van der Waals surface area contributed by atoms with Crippen molar-refractivity contribution >= 4 is 18.0 Å². The van der Waals surface area contributed by atoms with E-state index in [9.17, 15) is 19.2 Å². The van der Waals surface area contributed by atoms with Gasteiger partial charge in [0.25, 0.3) is 5.91 Å². The van der Waals surface area contributed by atoms with E-state index in [2.05, 4.69) is 11.4 Å². The van der Waals surface area contributed by atoms with Crippen LogP contribution < -0.4 is 10.1 Å². The number of amides is 1. The van der Waals surface area contributed by atoms with Crippen molar-refractivity contribution in [2.75, 3.05) is 7.11 Å². The molecular weight excluding hydrogens is 351 g/mol. The van der Waals surface area contributed by atoms with E-state index in [1.54, 1.807) is 6.07 Å². The van der Waals surface area contributed by atoms with E-state index in [4.69, 9.17) is 9.47 Å². The van der Waals surface area contributed by atoms with Crippen LogP contribution in [0.15, 0.2) is 24.3 Å². The number of nitrogens with zero attached hydrogens (tertiary/aromatic N) is 1. The summed E-state index contributed by atoms with van der Waals surface area (Å²) in [6.07, 6.45) is 5.45. The Balaban J connectivity index is 1.91. The van der Waals surface area contributed by atoms with Crippen LogP contribution in [0.4, 0.5) is 4.39 Å². The zero-order chi connectivity index (χ0) is 19.9. The van der Waals surface area contributed by atoms with Gasteiger partial charge in [-0.25, -0.2) is 9.18 Å². The fourth-order valence-electron chi connectivity index (χ4n) is 2.98. The van der Waals surface area contributed by atoms with E-state index in [1.165, 1.54) is 32.2 Å². The van der Waals surface area contributed by atoms with Crippen LogP contribution >= 0.6 is 0 Å². The number of nitriles is 1. The largest absolute Gasteiger partial charge is 0.494 e. The van der Waals surface area contributed by atoms with Crippen molar-refractivity contribution < 1.29 is 23.5 Å². The average molecular weight is 374 g/mol. The predicted molar refractivity (Wildman–Crippen MR) is 97.1 cm³/mol. The molecule has 0 radical (unpaired) electrons. The van der Waals surface area contributed by atoms with Crippen LogP contribution in [0.25, 0.3) is 6.08 Å². The fraction of sp³-hybridized carbons (Fsp3) is 0.450. The van der Waals surface area contributed by atoms with Crippen LogP contribution in [0, 0.1) is 17.1 Å². The van der Waals surface area contributed by atoms with Gasteiger partial charge in [-0.3, -0.25) is 4.79 Å². The Morgan fingerprint density at radius 1 is 1.33 bits per heavy atom. The van der Waals surface area contributed by atoms with Gasteiger partial charge in [0, 0.05) is 6.08 Å². The summed E-state index contributed by atoms with van der Waals surface area (Å²) in [7, 11) is 1.36. The summed E-state index contributed by atoms with van der Waals surface area (Å²) in [5.74, 6) is -1.68. The van der Waals surface area contributed by atoms with Crippen molar-refractivity contribution in [1.29, 1.82) is 5.26 Å². The normalized spacial score (nSPS) is 17.0. The lowest BCUT2D eigenvalue weighted by Gasteiger charge is -2.32. The molecule has 0 aromatic heterocycles. The summed E-state index contributed by atoms with van der Waals surface area (Å²) in [6.45, 7) is 1.45. The molecule has 1 amide bonds. The molecule has 1 aliphatic carbocycles. The van der Waals surface area contributed by atoms with Gasteiger partial charge in [0.2, 0.25) is 0 Å². The van der Waals surface area contributed by atoms with Crippen molar-refractivity contribution in [2.24, 2.45) is 0 Å². The number of rotatable bonds is 6. The molecule has 0 heterocycles. The number of hydrogen-bond donors (Lipinski definition) is 1. The van der Waals surface area contributed by atoms with Crippen molar-refractivity contribution in [3.63, 3.8) is 0 Å². The topological polar surface area (TPSA) is 88.4 Å². The first-order valence-corrected chi connectivity index (χ1v) is 8.84. The van der Waals surface area contributed by atoms with Crippen LogP contribution in [-0.4, -0.2) is 30.6 Å². The smallest absolute Gasteiger partial charge is 0.331 e. The molecule has 0 aliphatic heterocycles. The van der Waals surface area contributed by atoms with E-state index in [0.717, 1.165) is 25.3 Å². The Morgan fingerprint density at radius 3 is 2.63 bits per heavy atom. The molecule has 1 saturated carbocycles. The average Bonchev–Trinajstić information content (AvgIpc) is 2.67. The number of esters is 1. The minimum Gasteiger partial charge on any atom is -0.494 e. The molecule has 1 aromatic rings. The third-order valence-corrected chi connectivity index (χ3v) is 4.53. The lowest BCUT2D eigenvalue weighted by Crippen LogP contribution is -2.52. The molecule has 1 fully saturated rings. The first-order chi connectivity index (χ1) is 12.9. The maximum atomic E-state index is 13.6. The van der Waals surface area contributed by atoms with Gasteiger partial charge in [0.1, 0.15) is 5.54 Å². The second kappa shape index (κ2) is 9.17. The van der Waals surface area contributed by atoms with Gasteiger partial charge in [-0.15, -0.1) is 0 Å². The third-order valence-electron chi connectivity index (χ3n) is 4.53. The van der Waals surface area contributed by atoms with Gasteiger partial charge in [-0.1, -0.05) is 25.3 Å². The van der Waals surface area contributed by atoms with E-state index >= 15 is 0 Å². The zero-order valence-corrected chi connectivity index (χ0v) is 15.5. The lowest BCUT2D eigenvalue weighted by molar-refractivity contribution is -0.150. The SMILES string of the molecule is COc1ccc(/C=C/C(=O)O[C@H](C)C(=O)NC2(C#N)CCCCC2)cc1F. The Kier molecular flexibility index (Phi) is 6.94. The number of benzene rings is 1. The van der Waals surface area contributed by atoms with Crippen LogP contribution in [0.3, 0.4) is 0 Å². The van der Waals surface area contributed by atoms with Crippen LogP contribution in [0.1, 0.15) is 44.6 Å². The molecule has 27 heavy (non-hydrogen) atoms. The summed E-state index contributed by atoms with van der Waals surface area (Å²) < 4.78 is 23.5. The van der Waals surface area contributed by atoms with Crippen LogP contribution in [0.5, 0.6) is 5.75 Å². The number of halogens is 1. The van der Waals surface area contributed by atoms with Crippen molar-refractivity contribution in [2.45, 2.75) is 50.7 Å². The highest BCUT2D eigenvalue weighted by molar-refractivity contribution is 5.90. The summed E-state index contributed by atoms with van der Waals surface area (Å²) in [5, 5.41) is 12.1. The Morgan fingerprint density at radius 2 is 2.04 bits per heavy atom. The molecule has 1 atom stereocenters. The lowest BCUT2D eigenvalue weighted by atomic mass is 9.83. The van der Waals surface area contributed by atoms with Crippen LogP contribution in [0.2, 0.25) is 0 Å². The molecule has 0 bridgehead atoms. The summed E-state index contributed by atoms with van der Waals surface area (Å²) in [4.78, 5) is 24.2. The second-order valence-electron chi connectivity index (χ2n) is 6.55. The summed E-state index contributed by atoms with van der Waals surface area (Å²) in [5.41, 5.74) is -0.431. The molecule has 6 nitrogen and oxygen atoms in total. The van der Waals surface area contributed by atoms with Gasteiger partial charge in [0.05, 0.1) is 13.2 Å². The van der Waals surface area contributed by atoms with Crippen LogP contribution in [-0.2, 0) is 14.3 Å². The Bertz CT molecular complexity index is 764. The van der Waals surface area contributed by atoms with E-state index in [1.807, 2.05) is 0 Å². The summed E-state index contributed by atoms with van der Waals surface area (Å²) >= 11 is 0. The Hall–Kier alpha value is -2.88. The number of ether oxygens (including phenoxy) is 2. The van der Waals surface area contributed by atoms with E-state index < -0.39 is 29.3 Å². The van der Waals surface area contributed by atoms with E-state index in [0.29, 0.717) is 18.4 Å². The quantitative estimate of drug-likeness (QED) is 0.610. The monoisotopic (exact) mass is 374 g/mol. The molecule has 0 unspecified atom stereocenters. The minimum absolute atomic E-state index is 0.106. The molecule has 144 valence electrons. The highest BCUT2D eigenvalue weighted by Crippen LogP contribution is 2.27. The number of nitrogens with one attached hydrogen (secondary N) is 1. The first kappa shape index (κ1) is 20.4. The maximum absolute atomic E-state index is 13.6. The van der Waals surface area contributed by atoms with Gasteiger partial charge in [0.15, 0.2) is 17.7 Å². The fourth-order valence-corrected chi connectivity index (χ4v) is 2.98. The molecule has 2 rings (SSSR count). The van der Waals surface area contributed by atoms with Gasteiger partial charge in [-0.2, -0.15) is 5.26 Å². The first-order valence-electron chi connectivity index (χ1n) is 8.84. The number of methoxy groups -OCH3 is 1. The molecule has 1 N–H and O–H groups in total. The van der Waals surface area contributed by atoms with Crippen molar-refractivity contribution in [1.82, 2.24) is 5.32 Å². The van der Waals surface area contributed by atoms with E-state index in [-0.39, 0.29) is 5.75 Å². The summed E-state index contributed by atoms with van der Waals surface area (Å²) in [6, 6.07) is 6.44.